The van der Waals surface area contributed by atoms with Crippen LogP contribution in [0.25, 0.3) is 33.6 Å². The molecule has 1 fully saturated rings. The largest absolute Gasteiger partial charge is 0.415 e. The summed E-state index contributed by atoms with van der Waals surface area (Å²) in [5, 5.41) is 6.85. The number of aromatic nitrogens is 4. The van der Waals surface area contributed by atoms with Gasteiger partial charge in [0.15, 0.2) is 0 Å². The molecule has 2 aromatic heterocycles. The third-order valence-corrected chi connectivity index (χ3v) is 7.46. The van der Waals surface area contributed by atoms with E-state index < -0.39 is 18.1 Å². The van der Waals surface area contributed by atoms with E-state index in [1.54, 1.807) is 34.9 Å². The summed E-state index contributed by atoms with van der Waals surface area (Å²) in [6.07, 6.45) is -1.39. The molecule has 7 nitrogen and oxygen atoms in total. The number of nitrogens with zero attached hydrogens (tertiary/aromatic N) is 5. The van der Waals surface area contributed by atoms with Crippen LogP contribution in [0.15, 0.2) is 69.9 Å². The fraction of sp³-hybridized carbons (Fsp3) is 0.276. The zero-order valence-electron chi connectivity index (χ0n) is 21.5. The lowest BCUT2D eigenvalue weighted by molar-refractivity contribution is 0.116. The third kappa shape index (κ3) is 4.70. The van der Waals surface area contributed by atoms with Crippen LogP contribution in [0.4, 0.5) is 17.6 Å². The van der Waals surface area contributed by atoms with Gasteiger partial charge in [0.1, 0.15) is 11.6 Å². The molecule has 40 heavy (non-hydrogen) atoms. The fourth-order valence-electron chi connectivity index (χ4n) is 5.32. The van der Waals surface area contributed by atoms with Crippen LogP contribution >= 0.6 is 0 Å². The Balaban J connectivity index is 1.42. The zero-order valence-corrected chi connectivity index (χ0v) is 21.5. The molecule has 0 spiro atoms. The molecule has 11 heteroatoms. The van der Waals surface area contributed by atoms with Crippen molar-refractivity contribution in [2.45, 2.75) is 31.9 Å². The summed E-state index contributed by atoms with van der Waals surface area (Å²) in [7, 11) is 2.04. The van der Waals surface area contributed by atoms with Crippen LogP contribution in [0.2, 0.25) is 0 Å². The molecule has 0 unspecified atom stereocenters. The molecule has 5 aromatic rings. The number of hydrogen-bond donors (Lipinski definition) is 0. The monoisotopic (exact) mass is 551 g/mol. The number of imidazole rings is 1. The maximum Gasteiger partial charge on any atom is 0.329 e. The Kier molecular flexibility index (Phi) is 6.75. The Labute approximate surface area is 226 Å². The first-order valence-electron chi connectivity index (χ1n) is 12.9. The normalized spacial score (nSPS) is 14.9. The highest BCUT2D eigenvalue weighted by molar-refractivity contribution is 5.83. The minimum absolute atomic E-state index is 0.0582. The van der Waals surface area contributed by atoms with Crippen LogP contribution in [0.5, 0.6) is 0 Å². The van der Waals surface area contributed by atoms with E-state index >= 15 is 4.39 Å². The summed E-state index contributed by atoms with van der Waals surface area (Å²) in [6, 6.07) is 15.8. The van der Waals surface area contributed by atoms with E-state index in [0.717, 1.165) is 32.0 Å². The number of likely N-dealkylation sites (tertiary alicyclic amines) is 1. The smallest absolute Gasteiger partial charge is 0.329 e. The Bertz CT molecular complexity index is 1750. The first-order valence-corrected chi connectivity index (χ1v) is 12.9. The SMILES string of the molecule is CN1CCC(n2c(=O)n(Cc3ccc(-c4nnc(C(F)F)o4)cc3F)c3ccc(-c4ccccc4F)cc32)CC1. The summed E-state index contributed by atoms with van der Waals surface area (Å²) >= 11 is 0. The predicted molar refractivity (Wildman–Crippen MR) is 141 cm³/mol. The van der Waals surface area contributed by atoms with E-state index in [0.29, 0.717) is 22.2 Å². The number of hydrogen-bond acceptors (Lipinski definition) is 5. The molecule has 0 atom stereocenters. The Morgan fingerprint density at radius 1 is 0.925 bits per heavy atom. The van der Waals surface area contributed by atoms with Gasteiger partial charge in [-0.2, -0.15) is 8.78 Å². The fourth-order valence-corrected chi connectivity index (χ4v) is 5.32. The van der Waals surface area contributed by atoms with Crippen molar-refractivity contribution in [3.63, 3.8) is 0 Å². The molecule has 0 saturated carbocycles. The molecule has 206 valence electrons. The summed E-state index contributed by atoms with van der Waals surface area (Å²) in [4.78, 5) is 16.1. The van der Waals surface area contributed by atoms with Gasteiger partial charge in [-0.15, -0.1) is 10.2 Å². The highest BCUT2D eigenvalue weighted by atomic mass is 19.3. The highest BCUT2D eigenvalue weighted by Crippen LogP contribution is 2.31. The topological polar surface area (TPSA) is 69.1 Å². The van der Waals surface area contributed by atoms with Crippen LogP contribution in [0, 0.1) is 11.6 Å². The number of rotatable bonds is 6. The average molecular weight is 552 g/mol. The molecule has 1 saturated heterocycles. The molecule has 6 rings (SSSR count). The third-order valence-electron chi connectivity index (χ3n) is 7.46. The van der Waals surface area contributed by atoms with E-state index in [9.17, 15) is 18.0 Å². The first-order chi connectivity index (χ1) is 19.3. The summed E-state index contributed by atoms with van der Waals surface area (Å²) in [6.45, 7) is 1.60. The lowest BCUT2D eigenvalue weighted by atomic mass is 10.0. The van der Waals surface area contributed by atoms with Crippen molar-refractivity contribution < 1.29 is 22.0 Å². The van der Waals surface area contributed by atoms with E-state index in [2.05, 4.69) is 15.1 Å². The Hall–Kier alpha value is -4.25. The number of alkyl halides is 2. The molecule has 0 amide bonds. The number of fused-ring (bicyclic) bond motifs is 1. The zero-order chi connectivity index (χ0) is 28.0. The molecule has 3 aromatic carbocycles. The quantitative estimate of drug-likeness (QED) is 0.240. The van der Waals surface area contributed by atoms with Gasteiger partial charge in [-0.1, -0.05) is 30.3 Å². The molecule has 0 aliphatic carbocycles. The maximum absolute atomic E-state index is 15.2. The number of halogens is 4. The summed E-state index contributed by atoms with van der Waals surface area (Å²) < 4.78 is 63.7. The first kappa shape index (κ1) is 26.0. The lowest BCUT2D eigenvalue weighted by Crippen LogP contribution is -2.36. The number of piperidine rings is 1. The van der Waals surface area contributed by atoms with Gasteiger partial charge in [-0.25, -0.2) is 13.6 Å². The van der Waals surface area contributed by atoms with Crippen molar-refractivity contribution in [3.05, 3.63) is 94.2 Å². The van der Waals surface area contributed by atoms with Crippen LogP contribution in [-0.4, -0.2) is 44.4 Å². The predicted octanol–water partition coefficient (Wildman–Crippen LogP) is 6.05. The van der Waals surface area contributed by atoms with Gasteiger partial charge in [0, 0.05) is 22.7 Å². The van der Waals surface area contributed by atoms with Gasteiger partial charge >= 0.3 is 12.1 Å². The summed E-state index contributed by atoms with van der Waals surface area (Å²) in [5.74, 6) is -2.08. The van der Waals surface area contributed by atoms with Crippen LogP contribution < -0.4 is 5.69 Å². The van der Waals surface area contributed by atoms with Crippen molar-refractivity contribution in [1.29, 1.82) is 0 Å². The minimum atomic E-state index is -2.93. The molecule has 0 N–H and O–H groups in total. The summed E-state index contributed by atoms with van der Waals surface area (Å²) in [5.41, 5.74) is 2.42. The van der Waals surface area contributed by atoms with Crippen molar-refractivity contribution in [2.24, 2.45) is 0 Å². The van der Waals surface area contributed by atoms with E-state index in [1.165, 1.54) is 22.8 Å². The molecular formula is C29H25F4N5O2. The minimum Gasteiger partial charge on any atom is -0.415 e. The molecule has 3 heterocycles. The Morgan fingerprint density at radius 2 is 1.68 bits per heavy atom. The van der Waals surface area contributed by atoms with Gasteiger partial charge in [0.05, 0.1) is 17.6 Å². The standard InChI is InChI=1S/C29H25F4N5O2/c1-36-12-10-20(11-13-36)38-25-15-17(21-4-2-3-5-22(21)30)8-9-24(25)37(29(38)39)16-19-7-6-18(14-23(19)31)27-34-35-28(40-27)26(32)33/h2-9,14-15,20,26H,10-13,16H2,1H3. The molecule has 0 radical (unpaired) electrons. The van der Waals surface area contributed by atoms with E-state index in [1.807, 2.05) is 13.1 Å². The lowest BCUT2D eigenvalue weighted by Gasteiger charge is -2.29. The van der Waals surface area contributed by atoms with E-state index in [4.69, 9.17) is 4.42 Å². The molecular weight excluding hydrogens is 526 g/mol. The van der Waals surface area contributed by atoms with Crippen LogP contribution in [-0.2, 0) is 6.54 Å². The molecule has 0 bridgehead atoms. The number of benzene rings is 3. The maximum atomic E-state index is 15.2. The molecule has 1 aliphatic heterocycles. The van der Waals surface area contributed by atoms with Crippen molar-refractivity contribution in [1.82, 2.24) is 24.2 Å². The second kappa shape index (κ2) is 10.4. The highest BCUT2D eigenvalue weighted by Gasteiger charge is 2.25. The van der Waals surface area contributed by atoms with Gasteiger partial charge < -0.3 is 9.32 Å². The van der Waals surface area contributed by atoms with Crippen LogP contribution in [0.1, 0.15) is 36.8 Å². The Morgan fingerprint density at radius 3 is 2.38 bits per heavy atom. The van der Waals surface area contributed by atoms with Crippen molar-refractivity contribution in [2.75, 3.05) is 20.1 Å². The second-order valence-electron chi connectivity index (χ2n) is 10.0. The van der Waals surface area contributed by atoms with Crippen molar-refractivity contribution in [3.8, 4) is 22.6 Å². The van der Waals surface area contributed by atoms with Gasteiger partial charge in [-0.05, 0) is 68.9 Å². The molecule has 1 aliphatic rings. The second-order valence-corrected chi connectivity index (χ2v) is 10.0. The van der Waals surface area contributed by atoms with Gasteiger partial charge in [0.2, 0.25) is 5.89 Å². The van der Waals surface area contributed by atoms with Crippen LogP contribution in [0.3, 0.4) is 0 Å². The van der Waals surface area contributed by atoms with E-state index in [-0.39, 0.29) is 41.1 Å². The van der Waals surface area contributed by atoms with Crippen molar-refractivity contribution >= 4 is 11.0 Å². The van der Waals surface area contributed by atoms with Gasteiger partial charge in [-0.3, -0.25) is 9.13 Å². The van der Waals surface area contributed by atoms with Gasteiger partial charge in [0.25, 0.3) is 5.89 Å². The average Bonchev–Trinajstić information content (AvgIpc) is 3.54.